The fraction of sp³-hybridized carbons (Fsp3) is 0.474. The zero-order valence-electron chi connectivity index (χ0n) is 13.8. The van der Waals surface area contributed by atoms with Gasteiger partial charge in [0.15, 0.2) is 0 Å². The highest BCUT2D eigenvalue weighted by Gasteiger charge is 2.37. The molecule has 5 nitrogen and oxygen atoms in total. The van der Waals surface area contributed by atoms with Gasteiger partial charge in [-0.15, -0.1) is 0 Å². The van der Waals surface area contributed by atoms with Crippen molar-refractivity contribution in [2.75, 3.05) is 32.8 Å². The van der Waals surface area contributed by atoms with Crippen LogP contribution in [-0.2, 0) is 16.0 Å². The van der Waals surface area contributed by atoms with Crippen molar-refractivity contribution in [3.8, 4) is 0 Å². The highest BCUT2D eigenvalue weighted by Crippen LogP contribution is 2.23. The molecule has 1 N–H and O–H groups in total. The molecule has 2 saturated heterocycles. The van der Waals surface area contributed by atoms with Crippen LogP contribution in [0.1, 0.15) is 12.0 Å². The molecule has 1 aromatic heterocycles. The maximum atomic E-state index is 12.2. The van der Waals surface area contributed by atoms with Gasteiger partial charge in [-0.1, -0.05) is 18.2 Å². The molecule has 0 bridgehead atoms. The van der Waals surface area contributed by atoms with E-state index < -0.39 is 0 Å². The predicted octanol–water partition coefficient (Wildman–Crippen LogP) is 1.61. The number of fused-ring (bicyclic) bond motifs is 1. The fourth-order valence-electron chi connectivity index (χ4n) is 3.51. The van der Waals surface area contributed by atoms with Gasteiger partial charge >= 0.3 is 0 Å². The topological polar surface area (TPSA) is 54.5 Å². The summed E-state index contributed by atoms with van der Waals surface area (Å²) in [5.74, 6) is 0.319. The van der Waals surface area contributed by atoms with Crippen LogP contribution in [0.4, 0.5) is 0 Å². The molecule has 2 fully saturated rings. The van der Waals surface area contributed by atoms with Gasteiger partial charge in [0, 0.05) is 43.9 Å². The number of ether oxygens (including phenoxy) is 1. The van der Waals surface area contributed by atoms with Crippen LogP contribution < -0.4 is 5.32 Å². The van der Waals surface area contributed by atoms with E-state index in [4.69, 9.17) is 4.74 Å². The van der Waals surface area contributed by atoms with Gasteiger partial charge in [0.05, 0.1) is 18.0 Å². The average molecular weight is 325 g/mol. The molecule has 3 heterocycles. The Hall–Kier alpha value is -1.98. The van der Waals surface area contributed by atoms with Crippen molar-refractivity contribution in [3.05, 3.63) is 42.1 Å². The van der Waals surface area contributed by atoms with Crippen molar-refractivity contribution >= 4 is 16.8 Å². The second kappa shape index (κ2) is 6.87. The van der Waals surface area contributed by atoms with E-state index in [1.54, 1.807) is 0 Å². The molecule has 1 atom stereocenters. The van der Waals surface area contributed by atoms with Crippen LogP contribution in [0, 0.1) is 5.92 Å². The summed E-state index contributed by atoms with van der Waals surface area (Å²) in [5, 5.41) is 4.22. The van der Waals surface area contributed by atoms with Gasteiger partial charge in [-0.25, -0.2) is 0 Å². The lowest BCUT2D eigenvalue weighted by Gasteiger charge is -2.41. The van der Waals surface area contributed by atoms with Gasteiger partial charge in [0.1, 0.15) is 0 Å². The number of amides is 1. The number of hydrogen-bond donors (Lipinski definition) is 1. The second-order valence-electron chi connectivity index (χ2n) is 6.75. The molecule has 1 aromatic carbocycles. The standard InChI is InChI=1S/C19H23N3O2/c23-19(16-11-22(12-16)17-6-8-24-13-17)20-7-5-14-9-15-3-1-2-4-18(15)21-10-14/h1-4,9-10,16-17H,5-8,11-13H2,(H,20,23). The van der Waals surface area contributed by atoms with Crippen molar-refractivity contribution in [2.45, 2.75) is 18.9 Å². The molecule has 24 heavy (non-hydrogen) atoms. The molecule has 0 spiro atoms. The van der Waals surface area contributed by atoms with E-state index in [0.29, 0.717) is 12.6 Å². The third-order valence-corrected chi connectivity index (χ3v) is 5.06. The first-order valence-corrected chi connectivity index (χ1v) is 8.73. The largest absolute Gasteiger partial charge is 0.380 e. The van der Waals surface area contributed by atoms with E-state index in [2.05, 4.69) is 27.3 Å². The number of nitrogens with zero attached hydrogens (tertiary/aromatic N) is 2. The van der Waals surface area contributed by atoms with E-state index in [-0.39, 0.29) is 11.8 Å². The molecule has 2 aromatic rings. The predicted molar refractivity (Wildman–Crippen MR) is 92.7 cm³/mol. The Labute approximate surface area is 142 Å². The maximum absolute atomic E-state index is 12.2. The van der Waals surface area contributed by atoms with Crippen LogP contribution in [0.15, 0.2) is 36.5 Å². The van der Waals surface area contributed by atoms with E-state index in [1.807, 2.05) is 24.4 Å². The second-order valence-corrected chi connectivity index (χ2v) is 6.75. The van der Waals surface area contributed by atoms with Crippen LogP contribution in [0.2, 0.25) is 0 Å². The van der Waals surface area contributed by atoms with Crippen molar-refractivity contribution in [2.24, 2.45) is 5.92 Å². The number of benzene rings is 1. The average Bonchev–Trinajstić information content (AvgIpc) is 3.07. The first-order valence-electron chi connectivity index (χ1n) is 8.73. The third-order valence-electron chi connectivity index (χ3n) is 5.06. The van der Waals surface area contributed by atoms with E-state index >= 15 is 0 Å². The highest BCUT2D eigenvalue weighted by molar-refractivity contribution is 5.80. The quantitative estimate of drug-likeness (QED) is 0.907. The monoisotopic (exact) mass is 325 g/mol. The van der Waals surface area contributed by atoms with Gasteiger partial charge in [-0.2, -0.15) is 0 Å². The molecule has 5 heteroatoms. The normalized spacial score (nSPS) is 21.8. The zero-order chi connectivity index (χ0) is 16.4. The van der Waals surface area contributed by atoms with Gasteiger partial charge in [-0.05, 0) is 30.5 Å². The summed E-state index contributed by atoms with van der Waals surface area (Å²) < 4.78 is 5.41. The maximum Gasteiger partial charge on any atom is 0.225 e. The van der Waals surface area contributed by atoms with E-state index in [0.717, 1.165) is 55.6 Å². The van der Waals surface area contributed by atoms with Crippen LogP contribution in [0.25, 0.3) is 10.9 Å². The van der Waals surface area contributed by atoms with Crippen molar-refractivity contribution < 1.29 is 9.53 Å². The van der Waals surface area contributed by atoms with Crippen LogP contribution in [-0.4, -0.2) is 54.7 Å². The molecule has 0 radical (unpaired) electrons. The van der Waals surface area contributed by atoms with Crippen LogP contribution >= 0.6 is 0 Å². The minimum Gasteiger partial charge on any atom is -0.380 e. The SMILES string of the molecule is O=C(NCCc1cnc2ccccc2c1)C1CN(C2CCOC2)C1. The molecular formula is C19H23N3O2. The molecule has 0 aliphatic carbocycles. The molecule has 2 aliphatic heterocycles. The van der Waals surface area contributed by atoms with E-state index in [9.17, 15) is 4.79 Å². The number of pyridine rings is 1. The number of nitrogens with one attached hydrogen (secondary N) is 1. The van der Waals surface area contributed by atoms with Gasteiger partial charge in [-0.3, -0.25) is 14.7 Å². The van der Waals surface area contributed by atoms with Gasteiger partial charge in [0.25, 0.3) is 0 Å². The summed E-state index contributed by atoms with van der Waals surface area (Å²) >= 11 is 0. The summed E-state index contributed by atoms with van der Waals surface area (Å²) in [4.78, 5) is 19.0. The summed E-state index contributed by atoms with van der Waals surface area (Å²) in [7, 11) is 0. The minimum absolute atomic E-state index is 0.139. The number of likely N-dealkylation sites (tertiary alicyclic amines) is 1. The van der Waals surface area contributed by atoms with E-state index in [1.165, 1.54) is 0 Å². The number of carbonyl (C=O) groups is 1. The molecule has 1 unspecified atom stereocenters. The van der Waals surface area contributed by atoms with Crippen molar-refractivity contribution in [3.63, 3.8) is 0 Å². The number of hydrogen-bond acceptors (Lipinski definition) is 4. The molecule has 1 amide bonds. The molecular weight excluding hydrogens is 302 g/mol. The third kappa shape index (κ3) is 3.28. The highest BCUT2D eigenvalue weighted by atomic mass is 16.5. The Bertz CT molecular complexity index is 721. The summed E-state index contributed by atoms with van der Waals surface area (Å²) in [6, 6.07) is 10.8. The number of carbonyl (C=O) groups excluding carboxylic acids is 1. The van der Waals surface area contributed by atoms with Gasteiger partial charge < -0.3 is 10.1 Å². The Morgan fingerprint density at radius 3 is 3.04 bits per heavy atom. The molecule has 4 rings (SSSR count). The van der Waals surface area contributed by atoms with Crippen molar-refractivity contribution in [1.82, 2.24) is 15.2 Å². The lowest BCUT2D eigenvalue weighted by molar-refractivity contribution is -0.131. The molecule has 0 saturated carbocycles. The Morgan fingerprint density at radius 1 is 1.33 bits per heavy atom. The first-order chi connectivity index (χ1) is 11.8. The first kappa shape index (κ1) is 15.5. The number of aromatic nitrogens is 1. The Kier molecular flexibility index (Phi) is 4.45. The fourth-order valence-corrected chi connectivity index (χ4v) is 3.51. The van der Waals surface area contributed by atoms with Gasteiger partial charge in [0.2, 0.25) is 5.91 Å². The van der Waals surface area contributed by atoms with Crippen molar-refractivity contribution in [1.29, 1.82) is 0 Å². The lowest BCUT2D eigenvalue weighted by Crippen LogP contribution is -2.57. The minimum atomic E-state index is 0.139. The Balaban J connectivity index is 1.23. The summed E-state index contributed by atoms with van der Waals surface area (Å²) in [5.41, 5.74) is 2.17. The van der Waals surface area contributed by atoms with Crippen LogP contribution in [0.5, 0.6) is 0 Å². The zero-order valence-corrected chi connectivity index (χ0v) is 13.8. The molecule has 126 valence electrons. The summed E-state index contributed by atoms with van der Waals surface area (Å²) in [6.07, 6.45) is 3.82. The molecule has 2 aliphatic rings. The Morgan fingerprint density at radius 2 is 2.21 bits per heavy atom. The summed E-state index contributed by atoms with van der Waals surface area (Å²) in [6.45, 7) is 4.10. The van der Waals surface area contributed by atoms with Crippen LogP contribution in [0.3, 0.4) is 0 Å². The lowest BCUT2D eigenvalue weighted by atomic mass is 9.96. The smallest absolute Gasteiger partial charge is 0.225 e. The number of para-hydroxylation sites is 1. The number of rotatable bonds is 5.